The summed E-state index contributed by atoms with van der Waals surface area (Å²) >= 11 is 0. The van der Waals surface area contributed by atoms with Crippen LogP contribution in [0.1, 0.15) is 38.5 Å². The Balaban J connectivity index is 1.96. The van der Waals surface area contributed by atoms with Crippen molar-refractivity contribution in [2.45, 2.75) is 44.6 Å². The smallest absolute Gasteiger partial charge is 0.180 e. The molecule has 0 aromatic carbocycles. The first-order chi connectivity index (χ1) is 9.79. The van der Waals surface area contributed by atoms with Gasteiger partial charge in [-0.1, -0.05) is 25.7 Å². The van der Waals surface area contributed by atoms with Crippen LogP contribution in [0.25, 0.3) is 5.65 Å². The molecule has 1 saturated carbocycles. The van der Waals surface area contributed by atoms with Gasteiger partial charge in [-0.05, 0) is 12.8 Å². The minimum absolute atomic E-state index is 0.581. The second-order valence-corrected chi connectivity index (χ2v) is 5.61. The van der Waals surface area contributed by atoms with Gasteiger partial charge in [0, 0.05) is 32.5 Å². The summed E-state index contributed by atoms with van der Waals surface area (Å²) in [4.78, 5) is 11.5. The third-order valence-corrected chi connectivity index (χ3v) is 4.32. The Bertz CT molecular complexity index is 569. The van der Waals surface area contributed by atoms with Gasteiger partial charge in [0.2, 0.25) is 0 Å². The maximum Gasteiger partial charge on any atom is 0.180 e. The van der Waals surface area contributed by atoms with E-state index in [4.69, 9.17) is 4.98 Å². The largest absolute Gasteiger partial charge is 0.372 e. The maximum atomic E-state index is 4.73. The number of nitrogens with one attached hydrogen (secondary N) is 1. The van der Waals surface area contributed by atoms with Crippen LogP contribution in [0.2, 0.25) is 0 Å². The summed E-state index contributed by atoms with van der Waals surface area (Å²) in [6.07, 6.45) is 13.7. The van der Waals surface area contributed by atoms with E-state index in [-0.39, 0.29) is 0 Å². The van der Waals surface area contributed by atoms with Gasteiger partial charge in [-0.3, -0.25) is 0 Å². The van der Waals surface area contributed by atoms with Gasteiger partial charge in [-0.15, -0.1) is 0 Å². The van der Waals surface area contributed by atoms with E-state index in [1.54, 1.807) is 0 Å². The predicted octanol–water partition coefficient (Wildman–Crippen LogP) is 2.93. The monoisotopic (exact) mass is 273 g/mol. The minimum Gasteiger partial charge on any atom is -0.372 e. The lowest BCUT2D eigenvalue weighted by molar-refractivity contribution is 0.549. The third-order valence-electron chi connectivity index (χ3n) is 4.32. The molecule has 5 heteroatoms. The summed E-state index contributed by atoms with van der Waals surface area (Å²) in [7, 11) is 4.06. The van der Waals surface area contributed by atoms with Crippen LogP contribution in [0.5, 0.6) is 0 Å². The third kappa shape index (κ3) is 2.44. The first-order valence-corrected chi connectivity index (χ1v) is 7.54. The van der Waals surface area contributed by atoms with Crippen molar-refractivity contribution in [2.24, 2.45) is 0 Å². The van der Waals surface area contributed by atoms with E-state index >= 15 is 0 Å². The fraction of sp³-hybridized carbons (Fsp3) is 0.600. The number of aromatic nitrogens is 3. The average Bonchev–Trinajstić information content (AvgIpc) is 2.78. The molecule has 2 aromatic rings. The van der Waals surface area contributed by atoms with Gasteiger partial charge in [0.05, 0.1) is 6.20 Å². The van der Waals surface area contributed by atoms with Crippen LogP contribution in [0, 0.1) is 0 Å². The Hall–Kier alpha value is -1.78. The van der Waals surface area contributed by atoms with Crippen LogP contribution in [0.3, 0.4) is 0 Å². The molecule has 108 valence electrons. The van der Waals surface area contributed by atoms with Crippen molar-refractivity contribution in [3.05, 3.63) is 18.6 Å². The molecule has 2 aromatic heterocycles. The zero-order valence-corrected chi connectivity index (χ0v) is 12.3. The van der Waals surface area contributed by atoms with Gasteiger partial charge in [-0.2, -0.15) is 0 Å². The van der Waals surface area contributed by atoms with Crippen LogP contribution in [0.4, 0.5) is 11.6 Å². The number of nitrogens with zero attached hydrogens (tertiary/aromatic N) is 4. The average molecular weight is 273 g/mol. The lowest BCUT2D eigenvalue weighted by Crippen LogP contribution is -2.32. The molecule has 1 N–H and O–H groups in total. The lowest BCUT2D eigenvalue weighted by atomic mass is 10.1. The van der Waals surface area contributed by atoms with Crippen molar-refractivity contribution in [1.82, 2.24) is 14.4 Å². The number of imidazole rings is 1. The molecule has 3 rings (SSSR count). The molecule has 0 spiro atoms. The fourth-order valence-corrected chi connectivity index (χ4v) is 3.09. The van der Waals surface area contributed by atoms with E-state index in [0.717, 1.165) is 17.3 Å². The molecule has 0 bridgehead atoms. The van der Waals surface area contributed by atoms with Gasteiger partial charge in [-0.25, -0.2) is 9.97 Å². The van der Waals surface area contributed by atoms with Crippen molar-refractivity contribution in [2.75, 3.05) is 24.3 Å². The summed E-state index contributed by atoms with van der Waals surface area (Å²) in [5.74, 6) is 1.86. The fourth-order valence-electron chi connectivity index (χ4n) is 3.09. The van der Waals surface area contributed by atoms with Gasteiger partial charge in [0.1, 0.15) is 5.82 Å². The van der Waals surface area contributed by atoms with Gasteiger partial charge in [0.15, 0.2) is 11.5 Å². The highest BCUT2D eigenvalue weighted by Gasteiger charge is 2.21. The second kappa shape index (κ2) is 5.69. The van der Waals surface area contributed by atoms with Crippen molar-refractivity contribution in [3.8, 4) is 0 Å². The van der Waals surface area contributed by atoms with Crippen molar-refractivity contribution < 1.29 is 0 Å². The molecule has 0 unspecified atom stereocenters. The first-order valence-electron chi connectivity index (χ1n) is 7.54. The summed E-state index contributed by atoms with van der Waals surface area (Å²) in [6, 6.07) is 0.581. The number of fused-ring (bicyclic) bond motifs is 1. The van der Waals surface area contributed by atoms with Gasteiger partial charge < -0.3 is 14.6 Å². The minimum atomic E-state index is 0.581. The van der Waals surface area contributed by atoms with Crippen LogP contribution in [0.15, 0.2) is 18.6 Å². The molecule has 1 fully saturated rings. The van der Waals surface area contributed by atoms with Crippen LogP contribution >= 0.6 is 0 Å². The van der Waals surface area contributed by atoms with Gasteiger partial charge in [0.25, 0.3) is 0 Å². The Labute approximate surface area is 120 Å². The number of anilines is 2. The molecule has 1 aliphatic rings. The van der Waals surface area contributed by atoms with E-state index in [9.17, 15) is 0 Å². The normalized spacial score (nSPS) is 17.1. The summed E-state index contributed by atoms with van der Waals surface area (Å²) in [5, 5.41) is 3.13. The predicted molar refractivity (Wildman–Crippen MR) is 82.4 cm³/mol. The maximum absolute atomic E-state index is 4.73. The Morgan fingerprint density at radius 3 is 2.70 bits per heavy atom. The molecule has 0 atom stereocenters. The molecular formula is C15H23N5. The van der Waals surface area contributed by atoms with E-state index in [1.807, 2.05) is 30.0 Å². The topological polar surface area (TPSA) is 45.5 Å². The molecule has 0 radical (unpaired) electrons. The number of rotatable bonds is 3. The van der Waals surface area contributed by atoms with E-state index < -0.39 is 0 Å². The van der Waals surface area contributed by atoms with Crippen molar-refractivity contribution in [1.29, 1.82) is 0 Å². The standard InChI is InChI=1S/C15H23N5/c1-16-13-11-20-10-9-17-14(20)15(18-13)19(2)12-7-5-3-4-6-8-12/h9-12,16H,3-8H2,1-2H3. The zero-order valence-electron chi connectivity index (χ0n) is 12.3. The summed E-state index contributed by atoms with van der Waals surface area (Å²) < 4.78 is 2.04. The highest BCUT2D eigenvalue weighted by molar-refractivity contribution is 5.66. The van der Waals surface area contributed by atoms with Gasteiger partial charge >= 0.3 is 0 Å². The van der Waals surface area contributed by atoms with Crippen molar-refractivity contribution in [3.63, 3.8) is 0 Å². The molecule has 0 amide bonds. The molecule has 0 saturated heterocycles. The molecule has 5 nitrogen and oxygen atoms in total. The molecule has 2 heterocycles. The molecule has 1 aliphatic carbocycles. The molecular weight excluding hydrogens is 250 g/mol. The first kappa shape index (κ1) is 13.2. The zero-order chi connectivity index (χ0) is 13.9. The Morgan fingerprint density at radius 2 is 2.00 bits per heavy atom. The highest BCUT2D eigenvalue weighted by atomic mass is 15.2. The van der Waals surface area contributed by atoms with Crippen LogP contribution < -0.4 is 10.2 Å². The second-order valence-electron chi connectivity index (χ2n) is 5.61. The number of hydrogen-bond acceptors (Lipinski definition) is 4. The van der Waals surface area contributed by atoms with E-state index in [2.05, 4.69) is 22.2 Å². The Morgan fingerprint density at radius 1 is 1.25 bits per heavy atom. The highest BCUT2D eigenvalue weighted by Crippen LogP contribution is 2.27. The molecule has 0 aliphatic heterocycles. The summed E-state index contributed by atoms with van der Waals surface area (Å²) in [5.41, 5.74) is 0.941. The lowest BCUT2D eigenvalue weighted by Gasteiger charge is -2.28. The molecule has 20 heavy (non-hydrogen) atoms. The van der Waals surface area contributed by atoms with E-state index in [0.29, 0.717) is 6.04 Å². The number of hydrogen-bond donors (Lipinski definition) is 1. The summed E-state index contributed by atoms with van der Waals surface area (Å²) in [6.45, 7) is 0. The SMILES string of the molecule is CNc1cn2ccnc2c(N(C)C2CCCCCC2)n1. The Kier molecular flexibility index (Phi) is 3.76. The van der Waals surface area contributed by atoms with E-state index in [1.165, 1.54) is 38.5 Å². The van der Waals surface area contributed by atoms with Crippen molar-refractivity contribution >= 4 is 17.3 Å². The van der Waals surface area contributed by atoms with Crippen LogP contribution in [-0.4, -0.2) is 34.5 Å². The van der Waals surface area contributed by atoms with Crippen LogP contribution in [-0.2, 0) is 0 Å². The quantitative estimate of drug-likeness (QED) is 0.873.